The summed E-state index contributed by atoms with van der Waals surface area (Å²) in [4.78, 5) is 0. The summed E-state index contributed by atoms with van der Waals surface area (Å²) in [6.45, 7) is 5.40. The van der Waals surface area contributed by atoms with Gasteiger partial charge in [-0.15, -0.1) is 0 Å². The Morgan fingerprint density at radius 2 is 1.94 bits per heavy atom. The average Bonchev–Trinajstić information content (AvgIpc) is 2.29. The number of benzene rings is 1. The minimum Gasteiger partial charge on any atom is -0.268 e. The number of allylic oxidation sites excluding steroid dienone is 3. The van der Waals surface area contributed by atoms with Crippen molar-refractivity contribution in [2.75, 3.05) is 6.26 Å². The third kappa shape index (κ3) is 4.55. The summed E-state index contributed by atoms with van der Waals surface area (Å²) in [6, 6.07) is 9.19. The van der Waals surface area contributed by atoms with E-state index in [1.807, 2.05) is 30.3 Å². The van der Waals surface area contributed by atoms with Crippen LogP contribution in [0.15, 0.2) is 59.8 Å². The van der Waals surface area contributed by atoms with Gasteiger partial charge in [0.2, 0.25) is 0 Å². The monoisotopic (exact) mass is 265 g/mol. The van der Waals surface area contributed by atoms with Crippen LogP contribution in [-0.2, 0) is 14.4 Å². The Morgan fingerprint density at radius 3 is 2.44 bits per heavy atom. The average molecular weight is 265 g/mol. The van der Waals surface area contributed by atoms with Crippen molar-refractivity contribution in [3.8, 4) is 0 Å². The Kier molecular flexibility index (Phi) is 4.85. The summed E-state index contributed by atoms with van der Waals surface area (Å²) in [5.41, 5.74) is 2.00. The maximum Gasteiger partial charge on any atom is 0.325 e. The van der Waals surface area contributed by atoms with Gasteiger partial charge in [0.1, 0.15) is 5.71 Å². The number of rotatable bonds is 5. The van der Waals surface area contributed by atoms with Gasteiger partial charge in [-0.2, -0.15) is 8.42 Å². The molecule has 0 unspecified atom stereocenters. The van der Waals surface area contributed by atoms with Crippen LogP contribution in [0.3, 0.4) is 0 Å². The van der Waals surface area contributed by atoms with Crippen LogP contribution in [0.4, 0.5) is 0 Å². The molecule has 96 valence electrons. The van der Waals surface area contributed by atoms with Crippen LogP contribution in [0.1, 0.15) is 12.5 Å². The molecule has 0 saturated heterocycles. The topological polar surface area (TPSA) is 55.7 Å². The summed E-state index contributed by atoms with van der Waals surface area (Å²) in [5, 5.41) is 3.70. The summed E-state index contributed by atoms with van der Waals surface area (Å²) in [5.74, 6) is 0. The molecule has 0 aliphatic carbocycles. The molecule has 0 fully saturated rings. The largest absolute Gasteiger partial charge is 0.325 e. The van der Waals surface area contributed by atoms with Crippen LogP contribution in [0.25, 0.3) is 0 Å². The first-order valence-corrected chi connectivity index (χ1v) is 7.07. The fourth-order valence-corrected chi connectivity index (χ4v) is 1.52. The number of hydrogen-bond acceptors (Lipinski definition) is 4. The van der Waals surface area contributed by atoms with Crippen LogP contribution < -0.4 is 0 Å². The van der Waals surface area contributed by atoms with Crippen LogP contribution in [0, 0.1) is 0 Å². The van der Waals surface area contributed by atoms with Gasteiger partial charge in [0.25, 0.3) is 0 Å². The van der Waals surface area contributed by atoms with E-state index in [-0.39, 0.29) is 0 Å². The van der Waals surface area contributed by atoms with Crippen LogP contribution in [0.5, 0.6) is 0 Å². The van der Waals surface area contributed by atoms with Crippen LogP contribution >= 0.6 is 0 Å². The SMILES string of the molecule is C=CC=C(C)C(=NOS(C)(=O)=O)c1ccccc1. The Labute approximate surface area is 107 Å². The van der Waals surface area contributed by atoms with Crippen LogP contribution in [0.2, 0.25) is 0 Å². The van der Waals surface area contributed by atoms with Gasteiger partial charge < -0.3 is 0 Å². The molecule has 0 heterocycles. The predicted molar refractivity (Wildman–Crippen MR) is 72.9 cm³/mol. The van der Waals surface area contributed by atoms with Crippen molar-refractivity contribution >= 4 is 15.8 Å². The highest BCUT2D eigenvalue weighted by Gasteiger charge is 2.08. The second kappa shape index (κ2) is 6.16. The van der Waals surface area contributed by atoms with E-state index in [4.69, 9.17) is 0 Å². The molecule has 0 N–H and O–H groups in total. The zero-order valence-electron chi connectivity index (χ0n) is 10.3. The van der Waals surface area contributed by atoms with E-state index < -0.39 is 10.1 Å². The molecular weight excluding hydrogens is 250 g/mol. The first-order valence-electron chi connectivity index (χ1n) is 5.26. The van der Waals surface area contributed by atoms with Crippen molar-refractivity contribution in [2.24, 2.45) is 5.16 Å². The maximum absolute atomic E-state index is 11.0. The quantitative estimate of drug-likeness (QED) is 0.467. The second-order valence-corrected chi connectivity index (χ2v) is 5.23. The van der Waals surface area contributed by atoms with Gasteiger partial charge in [0.15, 0.2) is 0 Å². The Bertz CT molecular complexity index is 572. The minimum absolute atomic E-state index is 0.459. The molecule has 0 aliphatic rings. The third-order valence-corrected chi connectivity index (χ3v) is 2.40. The molecule has 0 radical (unpaired) electrons. The van der Waals surface area contributed by atoms with Gasteiger partial charge in [-0.25, -0.2) is 0 Å². The molecule has 0 amide bonds. The second-order valence-electron chi connectivity index (χ2n) is 3.67. The number of oxime groups is 1. The van der Waals surface area contributed by atoms with Gasteiger partial charge in [0, 0.05) is 5.56 Å². The molecule has 0 aromatic heterocycles. The Morgan fingerprint density at radius 1 is 1.33 bits per heavy atom. The van der Waals surface area contributed by atoms with E-state index in [9.17, 15) is 8.42 Å². The first kappa shape index (κ1) is 14.2. The van der Waals surface area contributed by atoms with E-state index in [0.717, 1.165) is 17.4 Å². The van der Waals surface area contributed by atoms with E-state index in [1.54, 1.807) is 19.1 Å². The molecule has 0 atom stereocenters. The maximum atomic E-state index is 11.0. The molecule has 1 rings (SSSR count). The Hall–Kier alpha value is -1.88. The fraction of sp³-hybridized carbons (Fsp3) is 0.154. The lowest BCUT2D eigenvalue weighted by Gasteiger charge is -2.06. The normalized spacial score (nSPS) is 13.2. The molecule has 0 aliphatic heterocycles. The van der Waals surface area contributed by atoms with Gasteiger partial charge in [-0.05, 0) is 12.5 Å². The molecule has 1 aromatic rings. The lowest BCUT2D eigenvalue weighted by molar-refractivity contribution is 0.343. The van der Waals surface area contributed by atoms with Crippen molar-refractivity contribution in [3.63, 3.8) is 0 Å². The lowest BCUT2D eigenvalue weighted by atomic mass is 10.0. The summed E-state index contributed by atoms with van der Waals surface area (Å²) < 4.78 is 26.5. The van der Waals surface area contributed by atoms with E-state index in [1.165, 1.54) is 0 Å². The molecular formula is C13H15NO3S. The lowest BCUT2D eigenvalue weighted by Crippen LogP contribution is -2.06. The highest BCUT2D eigenvalue weighted by Crippen LogP contribution is 2.10. The van der Waals surface area contributed by atoms with Crippen molar-refractivity contribution in [2.45, 2.75) is 6.92 Å². The predicted octanol–water partition coefficient (Wildman–Crippen LogP) is 2.50. The number of hydrogen-bond donors (Lipinski definition) is 0. The van der Waals surface area contributed by atoms with E-state index in [2.05, 4.69) is 16.0 Å². The highest BCUT2D eigenvalue weighted by atomic mass is 32.2. The minimum atomic E-state index is -3.62. The van der Waals surface area contributed by atoms with E-state index >= 15 is 0 Å². The van der Waals surface area contributed by atoms with Crippen molar-refractivity contribution in [3.05, 3.63) is 60.2 Å². The molecule has 18 heavy (non-hydrogen) atoms. The first-order chi connectivity index (χ1) is 8.44. The standard InChI is InChI=1S/C13H15NO3S/c1-4-8-11(2)13(14-17-18(3,15)16)12-9-6-5-7-10-12/h4-10H,1H2,2-3H3. The van der Waals surface area contributed by atoms with Gasteiger partial charge >= 0.3 is 10.1 Å². The van der Waals surface area contributed by atoms with Crippen molar-refractivity contribution in [1.82, 2.24) is 0 Å². The van der Waals surface area contributed by atoms with Gasteiger partial charge in [-0.3, -0.25) is 4.28 Å². The zero-order valence-corrected chi connectivity index (χ0v) is 11.1. The van der Waals surface area contributed by atoms with Crippen LogP contribution in [-0.4, -0.2) is 20.4 Å². The van der Waals surface area contributed by atoms with Gasteiger partial charge in [0.05, 0.1) is 6.26 Å². The van der Waals surface area contributed by atoms with Crippen molar-refractivity contribution in [1.29, 1.82) is 0 Å². The molecule has 1 aromatic carbocycles. The van der Waals surface area contributed by atoms with E-state index in [0.29, 0.717) is 5.71 Å². The molecule has 0 bridgehead atoms. The molecule has 4 nitrogen and oxygen atoms in total. The molecule has 0 saturated carbocycles. The summed E-state index contributed by atoms with van der Waals surface area (Å²) in [6.07, 6.45) is 4.29. The third-order valence-electron chi connectivity index (χ3n) is 2.05. The highest BCUT2D eigenvalue weighted by molar-refractivity contribution is 7.85. The number of nitrogens with zero attached hydrogens (tertiary/aromatic N) is 1. The summed E-state index contributed by atoms with van der Waals surface area (Å²) >= 11 is 0. The fourth-order valence-electron chi connectivity index (χ4n) is 1.31. The molecule has 5 heteroatoms. The zero-order chi connectivity index (χ0) is 13.6. The summed E-state index contributed by atoms with van der Waals surface area (Å²) in [7, 11) is -3.62. The van der Waals surface area contributed by atoms with Gasteiger partial charge in [-0.1, -0.05) is 54.2 Å². The van der Waals surface area contributed by atoms with Crippen molar-refractivity contribution < 1.29 is 12.7 Å². The molecule has 0 spiro atoms. The smallest absolute Gasteiger partial charge is 0.268 e. The Balaban J connectivity index is 3.19.